The molecule has 1 unspecified atom stereocenters. The summed E-state index contributed by atoms with van der Waals surface area (Å²) in [6.45, 7) is 7.76. The average Bonchev–Trinajstić information content (AvgIpc) is 3.27. The van der Waals surface area contributed by atoms with Crippen LogP contribution in [-0.4, -0.2) is 54.7 Å². The van der Waals surface area contributed by atoms with Crippen molar-refractivity contribution in [2.24, 2.45) is 11.3 Å². The number of methoxy groups -OCH3 is 1. The molecule has 2 fully saturated rings. The van der Waals surface area contributed by atoms with E-state index in [0.29, 0.717) is 11.3 Å². The Labute approximate surface area is 160 Å². The lowest BCUT2D eigenvalue weighted by Crippen LogP contribution is -2.44. The number of hydrogen-bond donors (Lipinski definition) is 0. The van der Waals surface area contributed by atoms with Crippen LogP contribution < -0.4 is 0 Å². The van der Waals surface area contributed by atoms with Crippen molar-refractivity contribution in [3.63, 3.8) is 0 Å². The molecule has 4 heterocycles. The van der Waals surface area contributed by atoms with E-state index >= 15 is 0 Å². The summed E-state index contributed by atoms with van der Waals surface area (Å²) in [5.41, 5.74) is 1.74. The van der Waals surface area contributed by atoms with Gasteiger partial charge in [0.15, 0.2) is 0 Å². The van der Waals surface area contributed by atoms with Gasteiger partial charge in [-0.05, 0) is 54.4 Å². The Balaban J connectivity index is 1.39. The highest BCUT2D eigenvalue weighted by Gasteiger charge is 2.47. The number of likely N-dealkylation sites (tertiary alicyclic amines) is 2. The molecule has 2 aromatic heterocycles. The van der Waals surface area contributed by atoms with Crippen molar-refractivity contribution in [2.45, 2.75) is 25.9 Å². The molecule has 4 rings (SSSR count). The van der Waals surface area contributed by atoms with Crippen LogP contribution in [0.3, 0.4) is 0 Å². The first-order chi connectivity index (χ1) is 12.8. The summed E-state index contributed by atoms with van der Waals surface area (Å²) in [5, 5.41) is 2.18. The molecular formula is C21H29N3OS. The van der Waals surface area contributed by atoms with E-state index in [2.05, 4.69) is 38.4 Å². The number of nitrogens with zero attached hydrogens (tertiary/aromatic N) is 3. The van der Waals surface area contributed by atoms with Crippen molar-refractivity contribution in [1.29, 1.82) is 0 Å². The number of thiophene rings is 1. The van der Waals surface area contributed by atoms with E-state index < -0.39 is 0 Å². The molecule has 140 valence electrons. The zero-order valence-electron chi connectivity index (χ0n) is 15.6. The van der Waals surface area contributed by atoms with Crippen molar-refractivity contribution in [1.82, 2.24) is 14.8 Å². The van der Waals surface area contributed by atoms with Gasteiger partial charge < -0.3 is 4.74 Å². The van der Waals surface area contributed by atoms with Crippen molar-refractivity contribution in [3.8, 4) is 0 Å². The summed E-state index contributed by atoms with van der Waals surface area (Å²) >= 11 is 1.87. The molecule has 1 atom stereocenters. The monoisotopic (exact) mass is 371 g/mol. The van der Waals surface area contributed by atoms with Crippen LogP contribution in [0, 0.1) is 11.3 Å². The summed E-state index contributed by atoms with van der Waals surface area (Å²) < 4.78 is 5.61. The minimum atomic E-state index is 0.421. The highest BCUT2D eigenvalue weighted by molar-refractivity contribution is 7.09. The minimum absolute atomic E-state index is 0.421. The summed E-state index contributed by atoms with van der Waals surface area (Å²) in [5.74, 6) is 0.646. The lowest BCUT2D eigenvalue weighted by Gasteiger charge is -2.42. The second kappa shape index (κ2) is 8.17. The maximum absolute atomic E-state index is 5.61. The van der Waals surface area contributed by atoms with Gasteiger partial charge in [0, 0.05) is 56.5 Å². The summed E-state index contributed by atoms with van der Waals surface area (Å²) in [6, 6.07) is 8.64. The second-order valence-corrected chi connectivity index (χ2v) is 8.93. The molecule has 0 aromatic carbocycles. The van der Waals surface area contributed by atoms with E-state index in [1.54, 1.807) is 0 Å². The molecule has 0 bridgehead atoms. The van der Waals surface area contributed by atoms with Gasteiger partial charge >= 0.3 is 0 Å². The molecule has 0 aliphatic carbocycles. The van der Waals surface area contributed by atoms with Crippen molar-refractivity contribution >= 4 is 11.3 Å². The maximum atomic E-state index is 5.61. The molecule has 0 radical (unpaired) electrons. The van der Waals surface area contributed by atoms with Crippen LogP contribution in [0.1, 0.15) is 23.3 Å². The highest BCUT2D eigenvalue weighted by Crippen LogP contribution is 2.45. The zero-order valence-corrected chi connectivity index (χ0v) is 16.5. The number of aromatic nitrogens is 1. The van der Waals surface area contributed by atoms with E-state index in [9.17, 15) is 0 Å². The Morgan fingerprint density at radius 2 is 2.08 bits per heavy atom. The molecule has 1 spiro atoms. The molecular weight excluding hydrogens is 342 g/mol. The van der Waals surface area contributed by atoms with Gasteiger partial charge in [-0.3, -0.25) is 14.8 Å². The lowest BCUT2D eigenvalue weighted by atomic mass is 9.71. The molecule has 26 heavy (non-hydrogen) atoms. The first-order valence-corrected chi connectivity index (χ1v) is 10.5. The summed E-state index contributed by atoms with van der Waals surface area (Å²) in [6.07, 6.45) is 6.43. The van der Waals surface area contributed by atoms with Gasteiger partial charge in [-0.2, -0.15) is 0 Å². The Morgan fingerprint density at radius 1 is 1.19 bits per heavy atom. The first kappa shape index (κ1) is 18.1. The Hall–Kier alpha value is -1.27. The number of pyridine rings is 1. The van der Waals surface area contributed by atoms with Crippen molar-refractivity contribution in [3.05, 3.63) is 52.5 Å². The second-order valence-electron chi connectivity index (χ2n) is 7.90. The standard InChI is InChI=1S/C21H29N3OS/c1-25-16-19-14-24(13-18-4-2-8-22-12-18)17-21(19)6-9-23(10-7-21)15-20-5-3-11-26-20/h2-5,8,11-12,19H,6-7,9-10,13-17H2,1H3. The van der Waals surface area contributed by atoms with Gasteiger partial charge in [0.2, 0.25) is 0 Å². The average molecular weight is 372 g/mol. The third-order valence-corrected chi connectivity index (χ3v) is 7.05. The Bertz CT molecular complexity index is 668. The number of ether oxygens (including phenoxy) is 1. The largest absolute Gasteiger partial charge is 0.384 e. The predicted octanol–water partition coefficient (Wildman–Crippen LogP) is 3.50. The predicted molar refractivity (Wildman–Crippen MR) is 106 cm³/mol. The number of hydrogen-bond acceptors (Lipinski definition) is 5. The van der Waals surface area contributed by atoms with E-state index in [0.717, 1.165) is 26.2 Å². The summed E-state index contributed by atoms with van der Waals surface area (Å²) in [4.78, 5) is 11.0. The molecule has 2 aliphatic rings. The molecule has 2 saturated heterocycles. The van der Waals surface area contributed by atoms with Crippen molar-refractivity contribution < 1.29 is 4.74 Å². The Kier molecular flexibility index (Phi) is 5.69. The van der Waals surface area contributed by atoms with Gasteiger partial charge in [0.05, 0.1) is 6.61 Å². The maximum Gasteiger partial charge on any atom is 0.0508 e. The van der Waals surface area contributed by atoms with Crippen LogP contribution in [0.5, 0.6) is 0 Å². The third kappa shape index (κ3) is 4.01. The van der Waals surface area contributed by atoms with Gasteiger partial charge in [-0.25, -0.2) is 0 Å². The fraction of sp³-hybridized carbons (Fsp3) is 0.571. The summed E-state index contributed by atoms with van der Waals surface area (Å²) in [7, 11) is 1.85. The molecule has 2 aromatic rings. The van der Waals surface area contributed by atoms with Crippen molar-refractivity contribution in [2.75, 3.05) is 39.9 Å². The highest BCUT2D eigenvalue weighted by atomic mass is 32.1. The SMILES string of the molecule is COCC1CN(Cc2cccnc2)CC12CCN(Cc1cccs1)CC2. The van der Waals surface area contributed by atoms with E-state index in [1.165, 1.54) is 42.9 Å². The fourth-order valence-electron chi connectivity index (χ4n) is 4.79. The zero-order chi connectivity index (χ0) is 17.8. The van der Waals surface area contributed by atoms with Gasteiger partial charge in [-0.15, -0.1) is 11.3 Å². The lowest BCUT2D eigenvalue weighted by molar-refractivity contribution is 0.0353. The van der Waals surface area contributed by atoms with Crippen LogP contribution >= 0.6 is 11.3 Å². The van der Waals surface area contributed by atoms with E-state index in [-0.39, 0.29) is 0 Å². The number of piperidine rings is 1. The topological polar surface area (TPSA) is 28.6 Å². The minimum Gasteiger partial charge on any atom is -0.384 e. The van der Waals surface area contributed by atoms with E-state index in [1.807, 2.05) is 36.9 Å². The smallest absolute Gasteiger partial charge is 0.0508 e. The van der Waals surface area contributed by atoms with Crippen LogP contribution in [0.2, 0.25) is 0 Å². The Morgan fingerprint density at radius 3 is 2.77 bits per heavy atom. The van der Waals surface area contributed by atoms with Crippen LogP contribution in [0.25, 0.3) is 0 Å². The van der Waals surface area contributed by atoms with Gasteiger partial charge in [-0.1, -0.05) is 12.1 Å². The molecule has 0 amide bonds. The number of rotatable bonds is 6. The normalized spacial score (nSPS) is 23.7. The molecule has 2 aliphatic heterocycles. The first-order valence-electron chi connectivity index (χ1n) is 9.62. The fourth-order valence-corrected chi connectivity index (χ4v) is 5.54. The van der Waals surface area contributed by atoms with Crippen LogP contribution in [-0.2, 0) is 17.8 Å². The van der Waals surface area contributed by atoms with E-state index in [4.69, 9.17) is 4.74 Å². The van der Waals surface area contributed by atoms with Gasteiger partial charge in [0.1, 0.15) is 0 Å². The van der Waals surface area contributed by atoms with Gasteiger partial charge in [0.25, 0.3) is 0 Å². The molecule has 5 heteroatoms. The molecule has 0 saturated carbocycles. The van der Waals surface area contributed by atoms with Crippen LogP contribution in [0.4, 0.5) is 0 Å². The molecule has 4 nitrogen and oxygen atoms in total. The van der Waals surface area contributed by atoms with Crippen LogP contribution in [0.15, 0.2) is 42.0 Å². The third-order valence-electron chi connectivity index (χ3n) is 6.19. The molecule has 0 N–H and O–H groups in total. The quantitative estimate of drug-likeness (QED) is 0.777.